The highest BCUT2D eigenvalue weighted by Crippen LogP contribution is 2.19. The molecule has 0 aliphatic rings. The summed E-state index contributed by atoms with van der Waals surface area (Å²) in [4.78, 5) is 12.2. The molecule has 1 N–H and O–H groups in total. The Bertz CT molecular complexity index is 611. The van der Waals surface area contributed by atoms with E-state index in [1.165, 1.54) is 0 Å². The van der Waals surface area contributed by atoms with Crippen molar-refractivity contribution in [3.8, 4) is 11.5 Å². The quantitative estimate of drug-likeness (QED) is 0.756. The van der Waals surface area contributed by atoms with Crippen molar-refractivity contribution in [2.45, 2.75) is 26.4 Å². The lowest BCUT2D eigenvalue weighted by atomic mass is 10.2. The molecule has 0 unspecified atom stereocenters. The first-order chi connectivity index (χ1) is 11.2. The van der Waals surface area contributed by atoms with Gasteiger partial charge in [0.15, 0.2) is 0 Å². The van der Waals surface area contributed by atoms with Gasteiger partial charge in [0, 0.05) is 6.54 Å². The van der Waals surface area contributed by atoms with Crippen LogP contribution < -0.4 is 14.8 Å². The zero-order chi connectivity index (χ0) is 16.5. The van der Waals surface area contributed by atoms with E-state index in [0.717, 1.165) is 12.2 Å². The number of carbonyl (C=O) groups excluding carboxylic acids is 1. The van der Waals surface area contributed by atoms with E-state index in [0.29, 0.717) is 24.5 Å². The summed E-state index contributed by atoms with van der Waals surface area (Å²) in [5.74, 6) is 1.33. The van der Waals surface area contributed by atoms with E-state index < -0.39 is 0 Å². The normalized spacial score (nSPS) is 10.4. The van der Waals surface area contributed by atoms with Crippen LogP contribution in [0, 0.1) is 0 Å². The van der Waals surface area contributed by atoms with Gasteiger partial charge in [-0.25, -0.2) is 0 Å². The first-order valence-corrected chi connectivity index (χ1v) is 7.88. The lowest BCUT2D eigenvalue weighted by Crippen LogP contribution is -2.26. The van der Waals surface area contributed by atoms with Crippen LogP contribution in [0.3, 0.4) is 0 Å². The molecule has 23 heavy (non-hydrogen) atoms. The average molecular weight is 313 g/mol. The van der Waals surface area contributed by atoms with E-state index in [1.54, 1.807) is 6.07 Å². The number of rotatable bonds is 8. The predicted octanol–water partition coefficient (Wildman–Crippen LogP) is 3.67. The van der Waals surface area contributed by atoms with E-state index in [4.69, 9.17) is 9.47 Å². The minimum atomic E-state index is -0.124. The molecule has 0 saturated carbocycles. The first kappa shape index (κ1) is 16.9. The maximum Gasteiger partial charge on any atom is 0.255 e. The molecule has 0 aliphatic heterocycles. The van der Waals surface area contributed by atoms with Crippen LogP contribution in [0.15, 0.2) is 54.6 Å². The SMILES string of the molecule is CC(C)Oc1ccccc1C(=O)NCCCOc1ccccc1. The minimum absolute atomic E-state index is 0.0308. The molecule has 0 atom stereocenters. The summed E-state index contributed by atoms with van der Waals surface area (Å²) < 4.78 is 11.3. The molecule has 4 nitrogen and oxygen atoms in total. The molecule has 2 aromatic rings. The highest BCUT2D eigenvalue weighted by molar-refractivity contribution is 5.96. The van der Waals surface area contributed by atoms with Crippen molar-refractivity contribution in [2.24, 2.45) is 0 Å². The van der Waals surface area contributed by atoms with Crippen molar-refractivity contribution in [1.29, 1.82) is 0 Å². The van der Waals surface area contributed by atoms with Crippen molar-refractivity contribution < 1.29 is 14.3 Å². The topological polar surface area (TPSA) is 47.6 Å². The summed E-state index contributed by atoms with van der Waals surface area (Å²) in [6.07, 6.45) is 0.775. The van der Waals surface area contributed by atoms with Crippen molar-refractivity contribution in [3.63, 3.8) is 0 Å². The molecule has 0 spiro atoms. The van der Waals surface area contributed by atoms with E-state index in [9.17, 15) is 4.79 Å². The highest BCUT2D eigenvalue weighted by Gasteiger charge is 2.12. The van der Waals surface area contributed by atoms with Crippen LogP contribution in [-0.2, 0) is 0 Å². The monoisotopic (exact) mass is 313 g/mol. The molecular formula is C19H23NO3. The number of carbonyl (C=O) groups is 1. The van der Waals surface area contributed by atoms with Crippen LogP contribution in [-0.4, -0.2) is 25.2 Å². The molecule has 4 heteroatoms. The lowest BCUT2D eigenvalue weighted by molar-refractivity contribution is 0.0945. The maximum absolute atomic E-state index is 12.2. The molecule has 2 rings (SSSR count). The second-order valence-electron chi connectivity index (χ2n) is 5.43. The van der Waals surface area contributed by atoms with Gasteiger partial charge in [-0.1, -0.05) is 30.3 Å². The van der Waals surface area contributed by atoms with Gasteiger partial charge in [0.05, 0.1) is 18.3 Å². The van der Waals surface area contributed by atoms with Crippen LogP contribution in [0.2, 0.25) is 0 Å². The first-order valence-electron chi connectivity index (χ1n) is 7.88. The summed E-state index contributed by atoms with van der Waals surface area (Å²) in [6, 6.07) is 16.9. The Morgan fingerprint density at radius 2 is 1.74 bits per heavy atom. The fourth-order valence-electron chi connectivity index (χ4n) is 2.09. The molecule has 1 amide bonds. The Balaban J connectivity index is 1.77. The summed E-state index contributed by atoms with van der Waals surface area (Å²) >= 11 is 0. The molecule has 2 aromatic carbocycles. The van der Waals surface area contributed by atoms with Gasteiger partial charge in [0.1, 0.15) is 11.5 Å². The van der Waals surface area contributed by atoms with Gasteiger partial charge >= 0.3 is 0 Å². The smallest absolute Gasteiger partial charge is 0.255 e. The number of benzene rings is 2. The Morgan fingerprint density at radius 3 is 2.48 bits per heavy atom. The van der Waals surface area contributed by atoms with Gasteiger partial charge < -0.3 is 14.8 Å². The van der Waals surface area contributed by atoms with Crippen molar-refractivity contribution >= 4 is 5.91 Å². The second kappa shape index (κ2) is 8.83. The predicted molar refractivity (Wildman–Crippen MR) is 91.1 cm³/mol. The number of para-hydroxylation sites is 2. The largest absolute Gasteiger partial charge is 0.494 e. The molecule has 0 bridgehead atoms. The zero-order valence-corrected chi connectivity index (χ0v) is 13.6. The lowest BCUT2D eigenvalue weighted by Gasteiger charge is -2.14. The Kier molecular flexibility index (Phi) is 6.48. The fraction of sp³-hybridized carbons (Fsp3) is 0.316. The molecular weight excluding hydrogens is 290 g/mol. The second-order valence-corrected chi connectivity index (χ2v) is 5.43. The Labute approximate surface area is 137 Å². The molecule has 0 fully saturated rings. The number of amides is 1. The van der Waals surface area contributed by atoms with Crippen LogP contribution in [0.25, 0.3) is 0 Å². The van der Waals surface area contributed by atoms with E-state index in [1.807, 2.05) is 62.4 Å². The minimum Gasteiger partial charge on any atom is -0.494 e. The third kappa shape index (κ3) is 5.66. The van der Waals surface area contributed by atoms with Gasteiger partial charge in [-0.3, -0.25) is 4.79 Å². The van der Waals surface area contributed by atoms with E-state index in [-0.39, 0.29) is 12.0 Å². The fourth-order valence-corrected chi connectivity index (χ4v) is 2.09. The van der Waals surface area contributed by atoms with Crippen molar-refractivity contribution in [1.82, 2.24) is 5.32 Å². The Morgan fingerprint density at radius 1 is 1.04 bits per heavy atom. The van der Waals surface area contributed by atoms with Crippen LogP contribution in [0.5, 0.6) is 11.5 Å². The third-order valence-electron chi connectivity index (χ3n) is 3.11. The molecule has 0 radical (unpaired) electrons. The molecule has 0 saturated heterocycles. The highest BCUT2D eigenvalue weighted by atomic mass is 16.5. The summed E-state index contributed by atoms with van der Waals surface area (Å²) in [6.45, 7) is 5.00. The van der Waals surface area contributed by atoms with Gasteiger partial charge in [0.25, 0.3) is 5.91 Å². The summed E-state index contributed by atoms with van der Waals surface area (Å²) in [7, 11) is 0. The van der Waals surface area contributed by atoms with E-state index >= 15 is 0 Å². The molecule has 122 valence electrons. The summed E-state index contributed by atoms with van der Waals surface area (Å²) in [5, 5.41) is 2.90. The Hall–Kier alpha value is -2.49. The van der Waals surface area contributed by atoms with Gasteiger partial charge in [-0.15, -0.1) is 0 Å². The molecule has 0 heterocycles. The standard InChI is InChI=1S/C19H23NO3/c1-15(2)23-18-12-7-6-11-17(18)19(21)20-13-8-14-22-16-9-4-3-5-10-16/h3-7,9-12,15H,8,13-14H2,1-2H3,(H,20,21). The van der Waals surface area contributed by atoms with Gasteiger partial charge in [-0.05, 0) is 44.5 Å². The number of ether oxygens (including phenoxy) is 2. The van der Waals surface area contributed by atoms with Crippen LogP contribution in [0.1, 0.15) is 30.6 Å². The average Bonchev–Trinajstić information content (AvgIpc) is 2.55. The third-order valence-corrected chi connectivity index (χ3v) is 3.11. The van der Waals surface area contributed by atoms with Crippen molar-refractivity contribution in [3.05, 3.63) is 60.2 Å². The van der Waals surface area contributed by atoms with Gasteiger partial charge in [0.2, 0.25) is 0 Å². The molecule has 0 aliphatic carbocycles. The summed E-state index contributed by atoms with van der Waals surface area (Å²) in [5.41, 5.74) is 0.560. The molecule has 0 aromatic heterocycles. The van der Waals surface area contributed by atoms with Crippen molar-refractivity contribution in [2.75, 3.05) is 13.2 Å². The van der Waals surface area contributed by atoms with Gasteiger partial charge in [-0.2, -0.15) is 0 Å². The number of nitrogens with one attached hydrogen (secondary N) is 1. The zero-order valence-electron chi connectivity index (χ0n) is 13.6. The maximum atomic E-state index is 12.2. The van der Waals surface area contributed by atoms with Crippen LogP contribution in [0.4, 0.5) is 0 Å². The van der Waals surface area contributed by atoms with Crippen LogP contribution >= 0.6 is 0 Å². The van der Waals surface area contributed by atoms with E-state index in [2.05, 4.69) is 5.32 Å². The number of hydrogen-bond acceptors (Lipinski definition) is 3. The number of hydrogen-bond donors (Lipinski definition) is 1.